The van der Waals surface area contributed by atoms with Crippen molar-refractivity contribution < 1.29 is 23.5 Å². The highest BCUT2D eigenvalue weighted by molar-refractivity contribution is 9.10. The van der Waals surface area contributed by atoms with Crippen molar-refractivity contribution in [2.24, 2.45) is 0 Å². The normalized spacial score (nSPS) is 11.0. The standard InChI is InChI=1S/C23H23BrN4O7/c1-33-12-11-27(18(29)14-34-19(30)10-8-16-7-9-17(24)35-16)20-21(25)28(23(32)26-22(20)31)13-15-5-3-2-4-6-15/h2-10H,11-14,25H2,1H3,(H,26,31,32)/b10-8+. The van der Waals surface area contributed by atoms with Crippen LogP contribution in [0.5, 0.6) is 0 Å². The average molecular weight is 547 g/mol. The molecule has 0 aliphatic carbocycles. The molecular formula is C23H23BrN4O7. The number of nitrogen functional groups attached to an aromatic ring is 1. The minimum absolute atomic E-state index is 0.0592. The summed E-state index contributed by atoms with van der Waals surface area (Å²) in [6.45, 7) is -0.612. The fraction of sp³-hybridized carbons (Fsp3) is 0.217. The van der Waals surface area contributed by atoms with Crippen LogP contribution in [-0.4, -0.2) is 48.3 Å². The maximum atomic E-state index is 12.9. The van der Waals surface area contributed by atoms with Crippen molar-refractivity contribution in [1.29, 1.82) is 0 Å². The Morgan fingerprint density at radius 1 is 1.20 bits per heavy atom. The van der Waals surface area contributed by atoms with Crippen LogP contribution in [0.2, 0.25) is 0 Å². The molecule has 35 heavy (non-hydrogen) atoms. The lowest BCUT2D eigenvalue weighted by molar-refractivity contribution is -0.142. The number of carbonyl (C=O) groups is 2. The molecule has 184 valence electrons. The Hall–Kier alpha value is -3.90. The van der Waals surface area contributed by atoms with Gasteiger partial charge in [0.1, 0.15) is 11.6 Å². The first kappa shape index (κ1) is 25.7. The largest absolute Gasteiger partial charge is 0.452 e. The van der Waals surface area contributed by atoms with E-state index in [-0.39, 0.29) is 31.2 Å². The number of amides is 1. The van der Waals surface area contributed by atoms with Crippen LogP contribution < -0.4 is 21.9 Å². The Morgan fingerprint density at radius 2 is 1.94 bits per heavy atom. The van der Waals surface area contributed by atoms with Gasteiger partial charge in [0.25, 0.3) is 11.5 Å². The Morgan fingerprint density at radius 3 is 2.60 bits per heavy atom. The van der Waals surface area contributed by atoms with Gasteiger partial charge in [-0.15, -0.1) is 0 Å². The van der Waals surface area contributed by atoms with Crippen molar-refractivity contribution >= 4 is 45.4 Å². The lowest BCUT2D eigenvalue weighted by Gasteiger charge is -2.24. The third-order valence-electron chi connectivity index (χ3n) is 4.80. The van der Waals surface area contributed by atoms with E-state index in [1.165, 1.54) is 13.2 Å². The first-order valence-electron chi connectivity index (χ1n) is 10.4. The number of hydrogen-bond donors (Lipinski definition) is 2. The molecule has 0 aliphatic rings. The van der Waals surface area contributed by atoms with Crippen LogP contribution in [0.25, 0.3) is 6.08 Å². The predicted molar refractivity (Wildman–Crippen MR) is 132 cm³/mol. The summed E-state index contributed by atoms with van der Waals surface area (Å²) >= 11 is 3.15. The number of carbonyl (C=O) groups excluding carboxylic acids is 2. The van der Waals surface area contributed by atoms with Crippen molar-refractivity contribution in [2.45, 2.75) is 6.54 Å². The van der Waals surface area contributed by atoms with Crippen molar-refractivity contribution in [1.82, 2.24) is 9.55 Å². The summed E-state index contributed by atoms with van der Waals surface area (Å²) in [6, 6.07) is 12.3. The number of aromatic nitrogens is 2. The quantitative estimate of drug-likeness (QED) is 0.288. The van der Waals surface area contributed by atoms with Crippen LogP contribution in [0.4, 0.5) is 11.5 Å². The zero-order chi connectivity index (χ0) is 25.4. The molecular weight excluding hydrogens is 524 g/mol. The number of nitrogens with two attached hydrogens (primary N) is 1. The number of H-pyrrole nitrogens is 1. The molecule has 3 aromatic rings. The maximum Gasteiger partial charge on any atom is 0.331 e. The highest BCUT2D eigenvalue weighted by Gasteiger charge is 2.25. The van der Waals surface area contributed by atoms with E-state index in [0.29, 0.717) is 10.4 Å². The highest BCUT2D eigenvalue weighted by atomic mass is 79.9. The van der Waals surface area contributed by atoms with Gasteiger partial charge in [0.15, 0.2) is 17.0 Å². The van der Waals surface area contributed by atoms with Crippen molar-refractivity contribution in [3.63, 3.8) is 0 Å². The number of anilines is 2. The molecule has 3 rings (SSSR count). The van der Waals surface area contributed by atoms with Gasteiger partial charge in [0, 0.05) is 19.7 Å². The molecule has 0 saturated heterocycles. The monoisotopic (exact) mass is 546 g/mol. The number of methoxy groups -OCH3 is 1. The molecule has 0 spiro atoms. The summed E-state index contributed by atoms with van der Waals surface area (Å²) in [5.74, 6) is -1.33. The zero-order valence-electron chi connectivity index (χ0n) is 18.7. The van der Waals surface area contributed by atoms with Crippen molar-refractivity contribution in [3.05, 3.63) is 85.4 Å². The van der Waals surface area contributed by atoms with E-state index in [1.54, 1.807) is 36.4 Å². The van der Waals surface area contributed by atoms with Gasteiger partial charge < -0.3 is 19.6 Å². The zero-order valence-corrected chi connectivity index (χ0v) is 20.3. The number of nitrogens with zero attached hydrogens (tertiary/aromatic N) is 2. The summed E-state index contributed by atoms with van der Waals surface area (Å²) in [5.41, 5.74) is 5.14. The second-order valence-electron chi connectivity index (χ2n) is 7.19. The van der Waals surface area contributed by atoms with Gasteiger partial charge in [0.2, 0.25) is 0 Å². The van der Waals surface area contributed by atoms with Gasteiger partial charge in [-0.3, -0.25) is 24.0 Å². The van der Waals surface area contributed by atoms with Crippen molar-refractivity contribution in [2.75, 3.05) is 37.5 Å². The number of nitrogens with one attached hydrogen (secondary N) is 1. The number of ether oxygens (including phenoxy) is 2. The molecule has 0 bridgehead atoms. The number of halogens is 1. The molecule has 0 atom stereocenters. The number of benzene rings is 1. The second-order valence-corrected chi connectivity index (χ2v) is 7.97. The van der Waals surface area contributed by atoms with Crippen LogP contribution in [0, 0.1) is 0 Å². The molecule has 2 heterocycles. The molecule has 3 N–H and O–H groups in total. The van der Waals surface area contributed by atoms with Gasteiger partial charge >= 0.3 is 11.7 Å². The van der Waals surface area contributed by atoms with Crippen molar-refractivity contribution in [3.8, 4) is 0 Å². The molecule has 0 fully saturated rings. The summed E-state index contributed by atoms with van der Waals surface area (Å²) in [4.78, 5) is 53.3. The molecule has 1 aromatic carbocycles. The van der Waals surface area contributed by atoms with Crippen LogP contribution >= 0.6 is 15.9 Å². The molecule has 12 heteroatoms. The summed E-state index contributed by atoms with van der Waals surface area (Å²) in [7, 11) is 1.42. The van der Waals surface area contributed by atoms with Gasteiger partial charge in [0.05, 0.1) is 13.2 Å². The Labute approximate surface area is 207 Å². The SMILES string of the molecule is COCCN(C(=O)COC(=O)/C=C/c1ccc(Br)o1)c1c(N)n(Cc2ccccc2)c(=O)[nH]c1=O. The van der Waals surface area contributed by atoms with E-state index in [2.05, 4.69) is 20.9 Å². The lowest BCUT2D eigenvalue weighted by atomic mass is 10.2. The smallest absolute Gasteiger partial charge is 0.331 e. The lowest BCUT2D eigenvalue weighted by Crippen LogP contribution is -2.44. The van der Waals surface area contributed by atoms with Gasteiger partial charge in [-0.25, -0.2) is 9.59 Å². The summed E-state index contributed by atoms with van der Waals surface area (Å²) in [6.07, 6.45) is 2.47. The fourth-order valence-electron chi connectivity index (χ4n) is 3.13. The van der Waals surface area contributed by atoms with E-state index in [0.717, 1.165) is 21.1 Å². The van der Waals surface area contributed by atoms with Gasteiger partial charge in [-0.2, -0.15) is 0 Å². The Bertz CT molecular complexity index is 1330. The molecule has 0 radical (unpaired) electrons. The number of furan rings is 1. The minimum atomic E-state index is -0.851. The average Bonchev–Trinajstić information content (AvgIpc) is 3.26. The summed E-state index contributed by atoms with van der Waals surface area (Å²) < 4.78 is 16.9. The molecule has 0 unspecified atom stereocenters. The minimum Gasteiger partial charge on any atom is -0.452 e. The first-order valence-corrected chi connectivity index (χ1v) is 11.2. The number of rotatable bonds is 10. The second kappa shape index (κ2) is 12.0. The molecule has 0 saturated carbocycles. The number of esters is 1. The van der Waals surface area contributed by atoms with E-state index in [9.17, 15) is 19.2 Å². The van der Waals surface area contributed by atoms with E-state index < -0.39 is 29.7 Å². The van der Waals surface area contributed by atoms with Gasteiger partial charge in [-0.1, -0.05) is 30.3 Å². The Kier molecular flexibility index (Phi) is 8.81. The number of aromatic amines is 1. The van der Waals surface area contributed by atoms with E-state index in [1.807, 2.05) is 6.07 Å². The predicted octanol–water partition coefficient (Wildman–Crippen LogP) is 1.76. The van der Waals surface area contributed by atoms with Crippen LogP contribution in [0.3, 0.4) is 0 Å². The molecule has 11 nitrogen and oxygen atoms in total. The molecule has 0 aliphatic heterocycles. The van der Waals surface area contributed by atoms with Crippen LogP contribution in [0.15, 0.2) is 67.2 Å². The molecule has 2 aromatic heterocycles. The first-order chi connectivity index (χ1) is 16.8. The van der Waals surface area contributed by atoms with Gasteiger partial charge in [-0.05, 0) is 39.7 Å². The van der Waals surface area contributed by atoms with E-state index in [4.69, 9.17) is 19.6 Å². The number of hydrogen-bond acceptors (Lipinski definition) is 8. The third-order valence-corrected chi connectivity index (χ3v) is 5.23. The maximum absolute atomic E-state index is 12.9. The topological polar surface area (TPSA) is 150 Å². The third kappa shape index (κ3) is 6.80. The van der Waals surface area contributed by atoms with Crippen LogP contribution in [0.1, 0.15) is 11.3 Å². The van der Waals surface area contributed by atoms with Crippen LogP contribution in [-0.2, 0) is 25.6 Å². The summed E-state index contributed by atoms with van der Waals surface area (Å²) in [5, 5.41) is 0. The Balaban J connectivity index is 1.82. The fourth-order valence-corrected chi connectivity index (χ4v) is 3.45. The molecule has 1 amide bonds. The van der Waals surface area contributed by atoms with E-state index >= 15 is 0 Å². The highest BCUT2D eigenvalue weighted by Crippen LogP contribution is 2.18.